The molecule has 0 radical (unpaired) electrons. The van der Waals surface area contributed by atoms with Gasteiger partial charge in [0.2, 0.25) is 0 Å². The van der Waals surface area contributed by atoms with Crippen molar-refractivity contribution in [2.24, 2.45) is 5.73 Å². The quantitative estimate of drug-likeness (QED) is 0.770. The van der Waals surface area contributed by atoms with Gasteiger partial charge < -0.3 is 11.1 Å². The zero-order valence-electron chi connectivity index (χ0n) is 10.4. The number of halogens is 2. The summed E-state index contributed by atoms with van der Waals surface area (Å²) in [7, 11) is 0. The lowest BCUT2D eigenvalue weighted by Gasteiger charge is -2.26. The van der Waals surface area contributed by atoms with Gasteiger partial charge in [-0.1, -0.05) is 31.5 Å². The largest absolute Gasteiger partial charge is 0.330 e. The Hall–Kier alpha value is -0.640. The molecule has 3 N–H and O–H groups in total. The van der Waals surface area contributed by atoms with Crippen LogP contribution in [-0.2, 0) is 5.41 Å². The summed E-state index contributed by atoms with van der Waals surface area (Å²) < 4.78 is 13.1. The van der Waals surface area contributed by atoms with Crippen LogP contribution in [0.2, 0.25) is 5.02 Å². The zero-order chi connectivity index (χ0) is 12.9. The molecule has 0 aliphatic rings. The Labute approximate surface area is 107 Å². The van der Waals surface area contributed by atoms with E-state index in [9.17, 15) is 4.39 Å². The van der Waals surface area contributed by atoms with Crippen LogP contribution in [0.25, 0.3) is 0 Å². The summed E-state index contributed by atoms with van der Waals surface area (Å²) in [4.78, 5) is 0. The summed E-state index contributed by atoms with van der Waals surface area (Å²) in [6, 6.07) is 4.90. The molecule has 0 fully saturated rings. The fourth-order valence-electron chi connectivity index (χ4n) is 1.65. The van der Waals surface area contributed by atoms with Gasteiger partial charge in [-0.25, -0.2) is 4.39 Å². The first kappa shape index (κ1) is 14.4. The normalized spacial score (nSPS) is 11.8. The van der Waals surface area contributed by atoms with E-state index >= 15 is 0 Å². The number of benzene rings is 1. The van der Waals surface area contributed by atoms with Gasteiger partial charge >= 0.3 is 0 Å². The summed E-state index contributed by atoms with van der Waals surface area (Å²) in [5, 5.41) is 3.52. The van der Waals surface area contributed by atoms with Gasteiger partial charge in [-0.15, -0.1) is 0 Å². The van der Waals surface area contributed by atoms with Gasteiger partial charge in [-0.2, -0.15) is 0 Å². The van der Waals surface area contributed by atoms with Crippen LogP contribution in [0.1, 0.15) is 25.8 Å². The fraction of sp³-hybridized carbons (Fsp3) is 0.538. The molecular weight excluding hydrogens is 239 g/mol. The van der Waals surface area contributed by atoms with Gasteiger partial charge in [-0.05, 0) is 37.2 Å². The highest BCUT2D eigenvalue weighted by Crippen LogP contribution is 2.26. The fourth-order valence-corrected chi connectivity index (χ4v) is 1.83. The van der Waals surface area contributed by atoms with Crippen molar-refractivity contribution in [2.75, 3.05) is 19.6 Å². The number of rotatable bonds is 6. The van der Waals surface area contributed by atoms with Gasteiger partial charge in [0.05, 0.1) is 5.02 Å². The van der Waals surface area contributed by atoms with E-state index < -0.39 is 0 Å². The van der Waals surface area contributed by atoms with Crippen molar-refractivity contribution in [2.45, 2.75) is 25.7 Å². The van der Waals surface area contributed by atoms with Crippen LogP contribution in [0.15, 0.2) is 18.2 Å². The van der Waals surface area contributed by atoms with E-state index in [0.29, 0.717) is 6.54 Å². The van der Waals surface area contributed by atoms with Crippen LogP contribution in [0.3, 0.4) is 0 Å². The Bertz CT molecular complexity index is 366. The molecule has 2 nitrogen and oxygen atoms in total. The molecule has 1 aromatic rings. The maximum Gasteiger partial charge on any atom is 0.141 e. The second kappa shape index (κ2) is 6.34. The van der Waals surface area contributed by atoms with Crippen LogP contribution in [0, 0.1) is 5.82 Å². The van der Waals surface area contributed by atoms with E-state index in [1.54, 1.807) is 12.1 Å². The molecule has 0 unspecified atom stereocenters. The third kappa shape index (κ3) is 4.26. The maximum absolute atomic E-state index is 13.1. The molecule has 0 atom stereocenters. The number of nitrogens with one attached hydrogen (secondary N) is 1. The van der Waals surface area contributed by atoms with Crippen LogP contribution in [-0.4, -0.2) is 19.6 Å². The lowest BCUT2D eigenvalue weighted by atomic mass is 9.84. The van der Waals surface area contributed by atoms with Crippen LogP contribution in [0.5, 0.6) is 0 Å². The molecule has 1 rings (SSSR count). The first-order valence-electron chi connectivity index (χ1n) is 5.83. The Kier molecular flexibility index (Phi) is 5.37. The van der Waals surface area contributed by atoms with E-state index in [1.165, 1.54) is 6.07 Å². The molecule has 0 saturated carbocycles. The molecule has 0 spiro atoms. The molecule has 0 heterocycles. The van der Waals surface area contributed by atoms with Crippen molar-refractivity contribution in [1.29, 1.82) is 0 Å². The molecule has 0 aliphatic heterocycles. The van der Waals surface area contributed by atoms with Crippen molar-refractivity contribution < 1.29 is 4.39 Å². The number of hydrogen-bond acceptors (Lipinski definition) is 2. The highest BCUT2D eigenvalue weighted by Gasteiger charge is 2.20. The standard InChI is InChI=1S/C13H20ClFN2/c1-13(2,9-17-7-3-6-16)10-4-5-12(15)11(14)8-10/h4-5,8,17H,3,6-7,9,16H2,1-2H3. The molecule has 1 aromatic carbocycles. The summed E-state index contributed by atoms with van der Waals surface area (Å²) in [6.07, 6.45) is 0.959. The monoisotopic (exact) mass is 258 g/mol. The third-order valence-corrected chi connectivity index (χ3v) is 3.12. The minimum absolute atomic E-state index is 0.0774. The van der Waals surface area contributed by atoms with Crippen LogP contribution >= 0.6 is 11.6 Å². The highest BCUT2D eigenvalue weighted by atomic mass is 35.5. The van der Waals surface area contributed by atoms with Crippen molar-refractivity contribution in [3.05, 3.63) is 34.6 Å². The van der Waals surface area contributed by atoms with Gasteiger partial charge in [-0.3, -0.25) is 0 Å². The smallest absolute Gasteiger partial charge is 0.141 e. The van der Waals surface area contributed by atoms with Gasteiger partial charge in [0, 0.05) is 12.0 Å². The molecule has 0 aliphatic carbocycles. The molecule has 0 aromatic heterocycles. The Balaban J connectivity index is 2.64. The predicted molar refractivity (Wildman–Crippen MR) is 71.0 cm³/mol. The average molecular weight is 259 g/mol. The zero-order valence-corrected chi connectivity index (χ0v) is 11.1. The number of nitrogens with two attached hydrogens (primary N) is 1. The van der Waals surface area contributed by atoms with Crippen LogP contribution < -0.4 is 11.1 Å². The summed E-state index contributed by atoms with van der Waals surface area (Å²) in [5.74, 6) is -0.373. The third-order valence-electron chi connectivity index (χ3n) is 2.83. The summed E-state index contributed by atoms with van der Waals surface area (Å²) in [5.41, 5.74) is 6.38. The summed E-state index contributed by atoms with van der Waals surface area (Å²) in [6.45, 7) is 6.61. The lowest BCUT2D eigenvalue weighted by Crippen LogP contribution is -2.34. The topological polar surface area (TPSA) is 38.0 Å². The van der Waals surface area contributed by atoms with E-state index in [1.807, 2.05) is 0 Å². The molecule has 17 heavy (non-hydrogen) atoms. The molecular formula is C13H20ClFN2. The van der Waals surface area contributed by atoms with Gasteiger partial charge in [0.1, 0.15) is 5.82 Å². The van der Waals surface area contributed by atoms with Gasteiger partial charge in [0.15, 0.2) is 0 Å². The highest BCUT2D eigenvalue weighted by molar-refractivity contribution is 6.30. The first-order chi connectivity index (χ1) is 7.97. The second-order valence-corrected chi connectivity index (χ2v) is 5.24. The Morgan fingerprint density at radius 2 is 2.12 bits per heavy atom. The minimum atomic E-state index is -0.373. The van der Waals surface area contributed by atoms with Crippen molar-refractivity contribution in [1.82, 2.24) is 5.32 Å². The van der Waals surface area contributed by atoms with E-state index in [2.05, 4.69) is 19.2 Å². The Morgan fingerprint density at radius 3 is 2.71 bits per heavy atom. The molecule has 0 saturated heterocycles. The molecule has 96 valence electrons. The molecule has 0 bridgehead atoms. The summed E-state index contributed by atoms with van der Waals surface area (Å²) >= 11 is 5.79. The van der Waals surface area contributed by atoms with Crippen molar-refractivity contribution in [3.8, 4) is 0 Å². The molecule has 4 heteroatoms. The second-order valence-electron chi connectivity index (χ2n) is 4.83. The van der Waals surface area contributed by atoms with E-state index in [-0.39, 0.29) is 16.3 Å². The average Bonchev–Trinajstić information content (AvgIpc) is 2.28. The van der Waals surface area contributed by atoms with Crippen LogP contribution in [0.4, 0.5) is 4.39 Å². The first-order valence-corrected chi connectivity index (χ1v) is 6.21. The Morgan fingerprint density at radius 1 is 1.41 bits per heavy atom. The molecule has 0 amide bonds. The maximum atomic E-state index is 13.1. The lowest BCUT2D eigenvalue weighted by molar-refractivity contribution is 0.466. The van der Waals surface area contributed by atoms with E-state index in [4.69, 9.17) is 17.3 Å². The number of hydrogen-bond donors (Lipinski definition) is 2. The van der Waals surface area contributed by atoms with Crippen molar-refractivity contribution >= 4 is 11.6 Å². The minimum Gasteiger partial charge on any atom is -0.330 e. The van der Waals surface area contributed by atoms with E-state index in [0.717, 1.165) is 25.1 Å². The predicted octanol–water partition coefficient (Wildman–Crippen LogP) is 2.70. The van der Waals surface area contributed by atoms with Gasteiger partial charge in [0.25, 0.3) is 0 Å². The van der Waals surface area contributed by atoms with Crippen molar-refractivity contribution in [3.63, 3.8) is 0 Å². The SMILES string of the molecule is CC(C)(CNCCCN)c1ccc(F)c(Cl)c1.